The average Bonchev–Trinajstić information content (AvgIpc) is 3.29. The molecule has 0 radical (unpaired) electrons. The van der Waals surface area contributed by atoms with Crippen LogP contribution in [0.2, 0.25) is 0 Å². The number of piperazine rings is 1. The summed E-state index contributed by atoms with van der Waals surface area (Å²) in [4.78, 5) is 21.2. The normalized spacial score (nSPS) is 14.6. The first-order chi connectivity index (χ1) is 13.0. The maximum atomic E-state index is 14.0. The van der Waals surface area contributed by atoms with Crippen molar-refractivity contribution in [2.24, 2.45) is 7.05 Å². The fourth-order valence-electron chi connectivity index (χ4n) is 3.34. The van der Waals surface area contributed by atoms with Crippen molar-refractivity contribution in [2.75, 3.05) is 31.1 Å². The monoisotopic (exact) mass is 384 g/mol. The maximum absolute atomic E-state index is 14.0. The van der Waals surface area contributed by atoms with E-state index >= 15 is 0 Å². The molecule has 2 aromatic heterocycles. The van der Waals surface area contributed by atoms with Crippen molar-refractivity contribution in [3.05, 3.63) is 59.0 Å². The van der Waals surface area contributed by atoms with Crippen LogP contribution in [-0.4, -0.2) is 46.5 Å². The zero-order chi connectivity index (χ0) is 19.0. The molecule has 27 heavy (non-hydrogen) atoms. The first-order valence-corrected chi connectivity index (χ1v) is 9.79. The minimum absolute atomic E-state index is 0.0587. The number of hydrogen-bond donors (Lipinski definition) is 0. The van der Waals surface area contributed by atoms with Crippen LogP contribution in [0, 0.1) is 12.7 Å². The van der Waals surface area contributed by atoms with Gasteiger partial charge in [-0.25, -0.2) is 9.37 Å². The van der Waals surface area contributed by atoms with Crippen molar-refractivity contribution in [3.8, 4) is 10.7 Å². The van der Waals surface area contributed by atoms with Crippen molar-refractivity contribution in [1.82, 2.24) is 14.5 Å². The molecule has 1 aromatic carbocycles. The van der Waals surface area contributed by atoms with Crippen LogP contribution in [0.3, 0.4) is 0 Å². The molecule has 4 rings (SSSR count). The van der Waals surface area contributed by atoms with Gasteiger partial charge in [0, 0.05) is 44.3 Å². The predicted octanol–water partition coefficient (Wildman–Crippen LogP) is 3.56. The minimum atomic E-state index is -0.223. The Morgan fingerprint density at radius 1 is 1.11 bits per heavy atom. The van der Waals surface area contributed by atoms with Crippen LogP contribution in [0.15, 0.2) is 41.8 Å². The fraction of sp³-hybridized carbons (Fsp3) is 0.300. The highest BCUT2D eigenvalue weighted by atomic mass is 32.1. The molecule has 5 nitrogen and oxygen atoms in total. The number of carbonyl (C=O) groups is 1. The first kappa shape index (κ1) is 17.7. The summed E-state index contributed by atoms with van der Waals surface area (Å²) in [6.45, 7) is 4.38. The van der Waals surface area contributed by atoms with Gasteiger partial charge in [-0.05, 0) is 31.2 Å². The quantitative estimate of drug-likeness (QED) is 0.693. The Hall–Kier alpha value is -2.67. The highest BCUT2D eigenvalue weighted by molar-refractivity contribution is 7.13. The number of para-hydroxylation sites is 1. The highest BCUT2D eigenvalue weighted by Gasteiger charge is 2.25. The van der Waals surface area contributed by atoms with E-state index in [1.54, 1.807) is 17.0 Å². The molecule has 0 spiro atoms. The summed E-state index contributed by atoms with van der Waals surface area (Å²) < 4.78 is 16.0. The third-order valence-electron chi connectivity index (χ3n) is 5.08. The van der Waals surface area contributed by atoms with E-state index in [1.165, 1.54) is 17.4 Å². The topological polar surface area (TPSA) is 41.4 Å². The fourth-order valence-corrected chi connectivity index (χ4v) is 4.19. The minimum Gasteiger partial charge on any atom is -0.366 e. The average molecular weight is 384 g/mol. The van der Waals surface area contributed by atoms with Crippen LogP contribution in [0.25, 0.3) is 10.7 Å². The van der Waals surface area contributed by atoms with E-state index in [4.69, 9.17) is 0 Å². The van der Waals surface area contributed by atoms with E-state index in [0.717, 1.165) is 16.4 Å². The number of anilines is 1. The van der Waals surface area contributed by atoms with Crippen LogP contribution < -0.4 is 4.90 Å². The largest absolute Gasteiger partial charge is 0.366 e. The lowest BCUT2D eigenvalue weighted by atomic mass is 10.2. The Kier molecular flexibility index (Phi) is 4.70. The number of halogens is 1. The predicted molar refractivity (Wildman–Crippen MR) is 106 cm³/mol. The summed E-state index contributed by atoms with van der Waals surface area (Å²) >= 11 is 1.48. The van der Waals surface area contributed by atoms with Crippen LogP contribution in [0.4, 0.5) is 10.1 Å². The summed E-state index contributed by atoms with van der Waals surface area (Å²) in [6.07, 6.45) is 0. The van der Waals surface area contributed by atoms with Crippen LogP contribution in [-0.2, 0) is 7.05 Å². The van der Waals surface area contributed by atoms with Gasteiger partial charge in [0.05, 0.1) is 11.4 Å². The van der Waals surface area contributed by atoms with Gasteiger partial charge in [-0.15, -0.1) is 11.3 Å². The molecular formula is C20H21FN4OS. The second kappa shape index (κ2) is 7.15. The van der Waals surface area contributed by atoms with Crippen molar-refractivity contribution < 1.29 is 9.18 Å². The second-order valence-corrected chi connectivity index (χ2v) is 7.55. The standard InChI is InChI=1S/C20H21FN4OS/c1-14-7-8-18(23(14)2)19-22-16(13-27-19)20(26)25-11-9-24(10-12-25)17-6-4-3-5-15(17)21/h3-8,13H,9-12H2,1-2H3. The van der Waals surface area contributed by atoms with Crippen molar-refractivity contribution >= 4 is 22.9 Å². The number of benzene rings is 1. The first-order valence-electron chi connectivity index (χ1n) is 8.91. The van der Waals surface area contributed by atoms with E-state index in [0.29, 0.717) is 37.6 Å². The molecule has 1 fully saturated rings. The molecular weight excluding hydrogens is 363 g/mol. The van der Waals surface area contributed by atoms with Gasteiger partial charge in [0.25, 0.3) is 5.91 Å². The van der Waals surface area contributed by atoms with Gasteiger partial charge >= 0.3 is 0 Å². The molecule has 7 heteroatoms. The number of hydrogen-bond acceptors (Lipinski definition) is 4. The summed E-state index contributed by atoms with van der Waals surface area (Å²) in [6, 6.07) is 10.8. The third-order valence-corrected chi connectivity index (χ3v) is 5.94. The molecule has 3 heterocycles. The number of amides is 1. The lowest BCUT2D eigenvalue weighted by Gasteiger charge is -2.35. The molecule has 0 atom stereocenters. The zero-order valence-corrected chi connectivity index (χ0v) is 16.2. The van der Waals surface area contributed by atoms with Crippen molar-refractivity contribution in [3.63, 3.8) is 0 Å². The Morgan fingerprint density at radius 3 is 2.52 bits per heavy atom. The molecule has 0 bridgehead atoms. The number of carbonyl (C=O) groups excluding carboxylic acids is 1. The van der Waals surface area contributed by atoms with E-state index in [-0.39, 0.29) is 11.7 Å². The van der Waals surface area contributed by atoms with Gasteiger partial charge in [0.15, 0.2) is 0 Å². The smallest absolute Gasteiger partial charge is 0.273 e. The molecule has 0 N–H and O–H groups in total. The number of rotatable bonds is 3. The molecule has 1 saturated heterocycles. The Balaban J connectivity index is 1.44. The molecule has 1 amide bonds. The maximum Gasteiger partial charge on any atom is 0.273 e. The Morgan fingerprint density at radius 2 is 1.85 bits per heavy atom. The summed E-state index contributed by atoms with van der Waals surface area (Å²) in [5, 5.41) is 2.67. The number of aryl methyl sites for hydroxylation is 1. The Bertz CT molecular complexity index is 972. The van der Waals surface area contributed by atoms with Gasteiger partial charge in [0.2, 0.25) is 0 Å². The lowest BCUT2D eigenvalue weighted by molar-refractivity contribution is 0.0741. The molecule has 3 aromatic rings. The summed E-state index contributed by atoms with van der Waals surface area (Å²) in [7, 11) is 2.00. The molecule has 140 valence electrons. The van der Waals surface area contributed by atoms with E-state index < -0.39 is 0 Å². The third kappa shape index (κ3) is 3.35. The molecule has 0 aliphatic carbocycles. The van der Waals surface area contributed by atoms with Gasteiger partial charge in [0.1, 0.15) is 16.5 Å². The van der Waals surface area contributed by atoms with Crippen molar-refractivity contribution in [1.29, 1.82) is 0 Å². The lowest BCUT2D eigenvalue weighted by Crippen LogP contribution is -2.49. The van der Waals surface area contributed by atoms with E-state index in [1.807, 2.05) is 42.5 Å². The summed E-state index contributed by atoms with van der Waals surface area (Å²) in [5.74, 6) is -0.282. The highest BCUT2D eigenvalue weighted by Crippen LogP contribution is 2.26. The number of aromatic nitrogens is 2. The van der Waals surface area contributed by atoms with Crippen LogP contribution >= 0.6 is 11.3 Å². The van der Waals surface area contributed by atoms with Crippen LogP contribution in [0.5, 0.6) is 0 Å². The van der Waals surface area contributed by atoms with Gasteiger partial charge in [-0.3, -0.25) is 4.79 Å². The van der Waals surface area contributed by atoms with E-state index in [2.05, 4.69) is 9.55 Å². The molecule has 0 saturated carbocycles. The van der Waals surface area contributed by atoms with Crippen molar-refractivity contribution in [2.45, 2.75) is 6.92 Å². The van der Waals surface area contributed by atoms with Gasteiger partial charge in [-0.2, -0.15) is 0 Å². The van der Waals surface area contributed by atoms with Gasteiger partial charge in [-0.1, -0.05) is 12.1 Å². The number of nitrogens with zero attached hydrogens (tertiary/aromatic N) is 4. The molecule has 0 unspecified atom stereocenters. The number of thiazole rings is 1. The Labute approximate surface area is 161 Å². The molecule has 1 aliphatic rings. The van der Waals surface area contributed by atoms with Gasteiger partial charge < -0.3 is 14.4 Å². The second-order valence-electron chi connectivity index (χ2n) is 6.69. The van der Waals surface area contributed by atoms with E-state index in [9.17, 15) is 9.18 Å². The SMILES string of the molecule is Cc1ccc(-c2nc(C(=O)N3CCN(c4ccccc4F)CC3)cs2)n1C. The zero-order valence-electron chi connectivity index (χ0n) is 15.4. The molecule has 1 aliphatic heterocycles. The summed E-state index contributed by atoms with van der Waals surface area (Å²) in [5.41, 5.74) is 3.24. The van der Waals surface area contributed by atoms with Crippen LogP contribution in [0.1, 0.15) is 16.2 Å².